The molecule has 29 heteroatoms. The van der Waals surface area contributed by atoms with Gasteiger partial charge in [-0.05, 0) is 135 Å². The summed E-state index contributed by atoms with van der Waals surface area (Å²) >= 11 is 2.07. The second kappa shape index (κ2) is 35.8. The molecule has 12 amide bonds. The fourth-order valence-electron chi connectivity index (χ4n) is 12.1. The van der Waals surface area contributed by atoms with Gasteiger partial charge in [0.25, 0.3) is 0 Å². The second-order valence-corrected chi connectivity index (χ2v) is 28.9. The van der Waals surface area contributed by atoms with Crippen molar-refractivity contribution in [1.29, 1.82) is 0 Å². The number of carbonyl (C=O) groups is 12. The maximum Gasteiger partial charge on any atom is 0.573 e. The van der Waals surface area contributed by atoms with Crippen LogP contribution in [0.15, 0.2) is 48.5 Å². The molecule has 2 aromatic carbocycles. The number of halogens is 4. The molecule has 0 radical (unpaired) electrons. The number of rotatable bonds is 13. The normalized spacial score (nSPS) is 25.3. The van der Waals surface area contributed by atoms with E-state index < -0.39 is 168 Å². The molecule has 2 aromatic rings. The summed E-state index contributed by atoms with van der Waals surface area (Å²) < 4.78 is 44.6. The number of amides is 12. The molecule has 0 spiro atoms. The van der Waals surface area contributed by atoms with Crippen molar-refractivity contribution in [2.24, 2.45) is 17.8 Å². The Bertz CT molecular complexity index is 3310. The fourth-order valence-corrected chi connectivity index (χ4v) is 12.8. The van der Waals surface area contributed by atoms with Crippen molar-refractivity contribution in [3.8, 4) is 18.1 Å². The maximum absolute atomic E-state index is 15.1. The van der Waals surface area contributed by atoms with Crippen LogP contribution < -0.4 is 26.0 Å². The van der Waals surface area contributed by atoms with Crippen LogP contribution in [0.5, 0.6) is 5.75 Å². The van der Waals surface area contributed by atoms with Crippen molar-refractivity contribution in [2.75, 3.05) is 68.5 Å². The smallest absolute Gasteiger partial charge is 0.406 e. The van der Waals surface area contributed by atoms with E-state index in [9.17, 15) is 65.9 Å². The summed E-state index contributed by atoms with van der Waals surface area (Å²) in [5.74, 6) is -8.28. The van der Waals surface area contributed by atoms with Gasteiger partial charge in [-0.15, -0.1) is 25.5 Å². The van der Waals surface area contributed by atoms with Crippen molar-refractivity contribution < 1.29 is 75.4 Å². The van der Waals surface area contributed by atoms with E-state index in [-0.39, 0.29) is 56.0 Å². The third-order valence-corrected chi connectivity index (χ3v) is 19.7. The molecule has 5 rings (SSSR count). The molecule has 3 fully saturated rings. The average molecular weight is 1500 g/mol. The van der Waals surface area contributed by atoms with E-state index in [4.69, 9.17) is 6.42 Å². The number of terminal acetylenes is 1. The van der Waals surface area contributed by atoms with Crippen molar-refractivity contribution in [2.45, 2.75) is 199 Å². The molecule has 25 nitrogen and oxygen atoms in total. The maximum atomic E-state index is 15.1. The minimum absolute atomic E-state index is 0.0287. The zero-order chi connectivity index (χ0) is 74.3. The molecule has 3 aliphatic rings. The van der Waals surface area contributed by atoms with Gasteiger partial charge in [0, 0.05) is 84.8 Å². The standard InChI is InChI=1S/C70H100F3IN12O13/c1-17-23-49-63(93)84(16)69(9,10)68(98)77-51(34-41(3)4)62(92)82(14)55(66(96)85-31-20-19-21-32-85)39-57(88)81(13)53(35-42(5)6)60(90)78-58(43(7)18-2)67(97)80(12)44(8)61(91)86-33-30-52(86)65(95)83(15)54(38-45-26-28-48(29-27-45)99-70(71,72)73)64(94)79(11)40-56(87)75-50(59(89)76-49)37-46-24-22-25-47(74)36-46/h1,22,24-29,36,41-44,49-55,58H,18-21,23,30-35,37-40H2,2-16H3,(H,75,87)(H,76,89)(H,77,98)(H,78,90)/t43-,44-,49-,50-,51-,52?,53-,54-,55-,58-/m0/s1. The first-order valence-corrected chi connectivity index (χ1v) is 34.7. The van der Waals surface area contributed by atoms with Gasteiger partial charge in [-0.1, -0.05) is 72.2 Å². The van der Waals surface area contributed by atoms with E-state index in [2.05, 4.69) is 54.5 Å². The topological polar surface area (TPSA) is 288 Å². The van der Waals surface area contributed by atoms with Crippen LogP contribution in [0.3, 0.4) is 0 Å². The Labute approximate surface area is 593 Å². The molecule has 3 heterocycles. The van der Waals surface area contributed by atoms with Gasteiger partial charge >= 0.3 is 6.36 Å². The molecule has 1 unspecified atom stereocenters. The van der Waals surface area contributed by atoms with Gasteiger partial charge in [0.15, 0.2) is 0 Å². The van der Waals surface area contributed by atoms with Gasteiger partial charge in [-0.3, -0.25) is 57.5 Å². The van der Waals surface area contributed by atoms with Crippen molar-refractivity contribution in [1.82, 2.24) is 60.5 Å². The van der Waals surface area contributed by atoms with E-state index in [0.717, 1.165) is 46.6 Å². The summed E-state index contributed by atoms with van der Waals surface area (Å²) in [6.07, 6.45) is 2.05. The van der Waals surface area contributed by atoms with Crippen molar-refractivity contribution in [3.05, 3.63) is 63.2 Å². The molecular formula is C70H100F3IN12O13. The summed E-state index contributed by atoms with van der Waals surface area (Å²) in [6.45, 7) is 15.1. The van der Waals surface area contributed by atoms with Crippen LogP contribution in [-0.4, -0.2) is 245 Å². The molecule has 546 valence electrons. The summed E-state index contributed by atoms with van der Waals surface area (Å²) in [6, 6.07) is -0.678. The Morgan fingerprint density at radius 3 is 1.86 bits per heavy atom. The lowest BCUT2D eigenvalue weighted by molar-refractivity contribution is -0.274. The van der Waals surface area contributed by atoms with Crippen LogP contribution in [0.2, 0.25) is 0 Å². The number of likely N-dealkylation sites (N-methyl/N-ethyl adjacent to an activating group) is 6. The average Bonchev–Trinajstić information content (AvgIpc) is 0.780. The number of nitrogens with zero attached hydrogens (tertiary/aromatic N) is 8. The summed E-state index contributed by atoms with van der Waals surface area (Å²) in [7, 11) is 7.99. The fraction of sp³-hybridized carbons (Fsp3) is 0.629. The lowest BCUT2D eigenvalue weighted by Crippen LogP contribution is -2.65. The van der Waals surface area contributed by atoms with Crippen LogP contribution in [0.25, 0.3) is 0 Å². The predicted molar refractivity (Wildman–Crippen MR) is 371 cm³/mol. The number of fused-ring (bicyclic) bond motifs is 1. The number of hydrogen-bond acceptors (Lipinski definition) is 13. The molecule has 0 aliphatic carbocycles. The monoisotopic (exact) mass is 1500 g/mol. The number of ether oxygens (including phenoxy) is 1. The quantitative estimate of drug-likeness (QED) is 0.162. The number of carbonyl (C=O) groups excluding carboxylic acids is 12. The summed E-state index contributed by atoms with van der Waals surface area (Å²) in [5.41, 5.74) is -0.982. The largest absolute Gasteiger partial charge is 0.573 e. The highest BCUT2D eigenvalue weighted by atomic mass is 127. The number of piperidine rings is 1. The third-order valence-electron chi connectivity index (χ3n) is 19.0. The molecule has 99 heavy (non-hydrogen) atoms. The van der Waals surface area contributed by atoms with Gasteiger partial charge in [0.2, 0.25) is 70.9 Å². The van der Waals surface area contributed by atoms with E-state index in [1.54, 1.807) is 43.0 Å². The van der Waals surface area contributed by atoms with E-state index in [1.165, 1.54) is 85.0 Å². The molecule has 3 saturated heterocycles. The van der Waals surface area contributed by atoms with Crippen LogP contribution in [0.4, 0.5) is 13.2 Å². The molecule has 0 saturated carbocycles. The summed E-state index contributed by atoms with van der Waals surface area (Å²) in [4.78, 5) is 187. The zero-order valence-corrected chi connectivity index (χ0v) is 61.8. The lowest BCUT2D eigenvalue weighted by Gasteiger charge is -2.45. The lowest BCUT2D eigenvalue weighted by atomic mass is 9.94. The Hall–Kier alpha value is -8.04. The third kappa shape index (κ3) is 21.7. The van der Waals surface area contributed by atoms with Crippen molar-refractivity contribution in [3.63, 3.8) is 0 Å². The first-order valence-electron chi connectivity index (χ1n) is 33.7. The van der Waals surface area contributed by atoms with Crippen LogP contribution >= 0.6 is 22.6 Å². The molecule has 0 aromatic heterocycles. The van der Waals surface area contributed by atoms with Crippen LogP contribution in [-0.2, 0) is 70.4 Å². The van der Waals surface area contributed by atoms with Crippen LogP contribution in [0.1, 0.15) is 131 Å². The second-order valence-electron chi connectivity index (χ2n) is 27.6. The SMILES string of the molecule is C#CC[C@@H]1NC(=O)[C@H](Cc2cccc(I)c2)NC(=O)CN(C)C(=O)[C@H](Cc2ccc(OC(F)(F)F)cc2)N(C)C(=O)C2CCN2C(=O)[C@H](C)N(C)C(=O)[C@H]([C@@H](C)CC)NC(=O)[C@H](CC(C)C)N(C)C(=O)C[C@@H](C(=O)N2CCCCC2)N(C)C(=O)[C@H](CC(C)C)NC(=O)C(C)(C)N(C)C1=O. The number of nitrogens with one attached hydrogen (secondary N) is 4. The first-order chi connectivity index (χ1) is 46.2. The Morgan fingerprint density at radius 2 is 1.30 bits per heavy atom. The predicted octanol–water partition coefficient (Wildman–Crippen LogP) is 4.12. The highest BCUT2D eigenvalue weighted by Gasteiger charge is 2.47. The van der Waals surface area contributed by atoms with Gasteiger partial charge < -0.3 is 65.2 Å². The number of likely N-dealkylation sites (tertiary alicyclic amines) is 1. The Kier molecular flexibility index (Phi) is 29.5. The number of benzene rings is 2. The van der Waals surface area contributed by atoms with Gasteiger partial charge in [-0.2, -0.15) is 0 Å². The Balaban J connectivity index is 1.64. The van der Waals surface area contributed by atoms with Gasteiger partial charge in [0.1, 0.15) is 65.7 Å². The molecule has 0 bridgehead atoms. The van der Waals surface area contributed by atoms with Gasteiger partial charge in [-0.25, -0.2) is 0 Å². The first kappa shape index (κ1) is 81.6. The minimum atomic E-state index is -5.02. The summed E-state index contributed by atoms with van der Waals surface area (Å²) in [5, 5.41) is 11.0. The zero-order valence-electron chi connectivity index (χ0n) is 59.6. The van der Waals surface area contributed by atoms with Crippen LogP contribution in [0, 0.1) is 33.7 Å². The number of hydrogen-bond donors (Lipinski definition) is 4. The highest BCUT2D eigenvalue weighted by molar-refractivity contribution is 14.1. The molecule has 3 aliphatic heterocycles. The molecular weight excluding hydrogens is 1400 g/mol. The minimum Gasteiger partial charge on any atom is -0.406 e. The highest BCUT2D eigenvalue weighted by Crippen LogP contribution is 2.28. The number of alkyl halides is 3. The van der Waals surface area contributed by atoms with Gasteiger partial charge in [0.05, 0.1) is 13.0 Å². The van der Waals surface area contributed by atoms with E-state index >= 15 is 4.79 Å². The van der Waals surface area contributed by atoms with E-state index in [1.807, 2.05) is 27.7 Å². The molecule has 4 N–H and O–H groups in total. The van der Waals surface area contributed by atoms with E-state index in [0.29, 0.717) is 37.9 Å². The Morgan fingerprint density at radius 1 is 0.677 bits per heavy atom. The van der Waals surface area contributed by atoms with Crippen molar-refractivity contribution >= 4 is 93.5 Å². The molecule has 10 atom stereocenters.